The molecule has 0 unspecified atom stereocenters. The molecule has 1 aromatic carbocycles. The fourth-order valence-corrected chi connectivity index (χ4v) is 2.91. The van der Waals surface area contributed by atoms with Gasteiger partial charge in [-0.25, -0.2) is 0 Å². The first-order chi connectivity index (χ1) is 11.1. The van der Waals surface area contributed by atoms with Gasteiger partial charge in [0.05, 0.1) is 25.5 Å². The van der Waals surface area contributed by atoms with Crippen molar-refractivity contribution in [1.29, 1.82) is 0 Å². The van der Waals surface area contributed by atoms with Gasteiger partial charge in [0.25, 0.3) is 5.91 Å². The number of hydrogen-bond acceptors (Lipinski definition) is 5. The summed E-state index contributed by atoms with van der Waals surface area (Å²) in [6.45, 7) is 5.99. The molecule has 0 aliphatic carbocycles. The van der Waals surface area contributed by atoms with Gasteiger partial charge in [-0.1, -0.05) is 13.8 Å². The topological polar surface area (TPSA) is 79.2 Å². The Bertz CT molecular complexity index is 568. The van der Waals surface area contributed by atoms with Crippen LogP contribution in [0.5, 0.6) is 11.5 Å². The molecule has 0 spiro atoms. The number of carbonyl (C=O) groups excluding carboxylic acids is 1. The number of aliphatic hydroxyl groups excluding tert-OH is 2. The molecule has 0 aromatic heterocycles. The summed E-state index contributed by atoms with van der Waals surface area (Å²) in [5, 5.41) is 18.8. The normalized spacial score (nSPS) is 16.0. The second-order valence-corrected chi connectivity index (χ2v) is 5.52. The summed E-state index contributed by atoms with van der Waals surface area (Å²) in [6, 6.07) is 3.44. The number of nitrogens with zero attached hydrogens (tertiary/aromatic N) is 1. The Labute approximate surface area is 136 Å². The lowest BCUT2D eigenvalue weighted by atomic mass is 9.92. The highest BCUT2D eigenvalue weighted by Gasteiger charge is 2.46. The van der Waals surface area contributed by atoms with Gasteiger partial charge >= 0.3 is 0 Å². The lowest BCUT2D eigenvalue weighted by molar-refractivity contribution is -0.136. The Hall–Kier alpha value is -1.79. The number of β-amino-alcohol motifs (C(OH)–C–C–N with tert-alkyl or cyclic N) is 1. The second-order valence-electron chi connectivity index (χ2n) is 5.52. The summed E-state index contributed by atoms with van der Waals surface area (Å²) in [6.07, 6.45) is 1.05. The average Bonchev–Trinajstić information content (AvgIpc) is 2.57. The Morgan fingerprint density at radius 2 is 1.91 bits per heavy atom. The zero-order valence-electron chi connectivity index (χ0n) is 14.0. The van der Waals surface area contributed by atoms with Crippen molar-refractivity contribution >= 4 is 11.6 Å². The average molecular weight is 323 g/mol. The highest BCUT2D eigenvalue weighted by atomic mass is 16.5. The molecular weight excluding hydrogens is 298 g/mol. The number of rotatable bonds is 7. The van der Waals surface area contributed by atoms with E-state index in [-0.39, 0.29) is 25.7 Å². The van der Waals surface area contributed by atoms with E-state index >= 15 is 0 Å². The van der Waals surface area contributed by atoms with E-state index in [4.69, 9.17) is 9.47 Å². The Balaban J connectivity index is 2.64. The van der Waals surface area contributed by atoms with Crippen molar-refractivity contribution in [3.63, 3.8) is 0 Å². The van der Waals surface area contributed by atoms with E-state index in [1.165, 1.54) is 4.90 Å². The van der Waals surface area contributed by atoms with Crippen LogP contribution < -0.4 is 14.4 Å². The van der Waals surface area contributed by atoms with Crippen LogP contribution in [-0.4, -0.2) is 41.5 Å². The number of carbonyl (C=O) groups is 1. The quantitative estimate of drug-likeness (QED) is 0.800. The molecule has 6 nitrogen and oxygen atoms in total. The van der Waals surface area contributed by atoms with E-state index in [2.05, 4.69) is 0 Å². The van der Waals surface area contributed by atoms with Crippen molar-refractivity contribution in [2.45, 2.75) is 45.8 Å². The summed E-state index contributed by atoms with van der Waals surface area (Å²) < 4.78 is 11.8. The molecule has 128 valence electrons. The van der Waals surface area contributed by atoms with Crippen molar-refractivity contribution < 1.29 is 24.5 Å². The molecule has 1 heterocycles. The third-order valence-corrected chi connectivity index (χ3v) is 4.27. The predicted octanol–water partition coefficient (Wildman–Crippen LogP) is 1.85. The maximum absolute atomic E-state index is 12.9. The van der Waals surface area contributed by atoms with Crippen LogP contribution in [0.3, 0.4) is 0 Å². The third-order valence-electron chi connectivity index (χ3n) is 4.27. The molecule has 1 aliphatic rings. The largest absolute Gasteiger partial charge is 0.490 e. The molecule has 0 bridgehead atoms. The van der Waals surface area contributed by atoms with Crippen LogP contribution in [-0.2, 0) is 11.4 Å². The van der Waals surface area contributed by atoms with Crippen molar-refractivity contribution in [3.8, 4) is 11.5 Å². The van der Waals surface area contributed by atoms with Crippen LogP contribution in [0.15, 0.2) is 12.1 Å². The van der Waals surface area contributed by atoms with E-state index in [9.17, 15) is 15.0 Å². The molecule has 0 fully saturated rings. The zero-order valence-corrected chi connectivity index (χ0v) is 14.0. The first-order valence-electron chi connectivity index (χ1n) is 8.09. The van der Waals surface area contributed by atoms with E-state index in [1.807, 2.05) is 20.8 Å². The number of fused-ring (bicyclic) bond motifs is 1. The molecule has 1 aliphatic heterocycles. The predicted molar refractivity (Wildman–Crippen MR) is 86.9 cm³/mol. The highest BCUT2D eigenvalue weighted by molar-refractivity contribution is 6.03. The van der Waals surface area contributed by atoms with Crippen molar-refractivity contribution in [2.24, 2.45) is 0 Å². The van der Waals surface area contributed by atoms with Gasteiger partial charge in [-0.2, -0.15) is 0 Å². The standard InChI is InChI=1S/C17H25NO5/c1-4-17(5-2)16(21)18(7-8-19)13-9-12(11-20)10-14(22-6-3)15(13)23-17/h9-10,19-20H,4-8,11H2,1-3H3. The Morgan fingerprint density at radius 3 is 2.43 bits per heavy atom. The molecule has 1 amide bonds. The first-order valence-corrected chi connectivity index (χ1v) is 8.09. The zero-order chi connectivity index (χ0) is 17.0. The van der Waals surface area contributed by atoms with Crippen LogP contribution >= 0.6 is 0 Å². The lowest BCUT2D eigenvalue weighted by Gasteiger charge is -2.42. The summed E-state index contributed by atoms with van der Waals surface area (Å²) in [4.78, 5) is 14.5. The minimum absolute atomic E-state index is 0.151. The highest BCUT2D eigenvalue weighted by Crippen LogP contribution is 2.47. The van der Waals surface area contributed by atoms with Crippen molar-refractivity contribution in [1.82, 2.24) is 0 Å². The summed E-state index contributed by atoms with van der Waals surface area (Å²) in [7, 11) is 0. The molecule has 0 saturated heterocycles. The lowest BCUT2D eigenvalue weighted by Crippen LogP contribution is -2.56. The van der Waals surface area contributed by atoms with Crippen LogP contribution in [0.2, 0.25) is 0 Å². The maximum atomic E-state index is 12.9. The van der Waals surface area contributed by atoms with Crippen molar-refractivity contribution in [2.75, 3.05) is 24.7 Å². The second kappa shape index (κ2) is 7.19. The molecular formula is C17H25NO5. The van der Waals surface area contributed by atoms with Gasteiger partial charge in [0, 0.05) is 6.54 Å². The summed E-state index contributed by atoms with van der Waals surface area (Å²) >= 11 is 0. The SMILES string of the molecule is CCOc1cc(CO)cc2c1OC(CC)(CC)C(=O)N2CCO. The number of hydrogen-bond donors (Lipinski definition) is 2. The van der Waals surface area contributed by atoms with Crippen LogP contribution in [0, 0.1) is 0 Å². The molecule has 2 rings (SSSR count). The van der Waals surface area contributed by atoms with Crippen LogP contribution in [0.4, 0.5) is 5.69 Å². The minimum Gasteiger partial charge on any atom is -0.490 e. The molecule has 0 saturated carbocycles. The monoisotopic (exact) mass is 323 g/mol. The number of anilines is 1. The third kappa shape index (κ3) is 3.01. The van der Waals surface area contributed by atoms with E-state index in [1.54, 1.807) is 12.1 Å². The van der Waals surface area contributed by atoms with E-state index in [0.29, 0.717) is 42.2 Å². The van der Waals surface area contributed by atoms with Gasteiger partial charge in [-0.05, 0) is 37.5 Å². The van der Waals surface area contributed by atoms with Gasteiger partial charge in [0.2, 0.25) is 0 Å². The molecule has 23 heavy (non-hydrogen) atoms. The maximum Gasteiger partial charge on any atom is 0.271 e. The first kappa shape index (κ1) is 17.6. The molecule has 0 radical (unpaired) electrons. The van der Waals surface area contributed by atoms with Gasteiger partial charge in [-0.3, -0.25) is 4.79 Å². The number of ether oxygens (including phenoxy) is 2. The van der Waals surface area contributed by atoms with Gasteiger partial charge in [0.15, 0.2) is 17.1 Å². The summed E-state index contributed by atoms with van der Waals surface area (Å²) in [5.74, 6) is 0.846. The molecule has 0 atom stereocenters. The molecule has 2 N–H and O–H groups in total. The van der Waals surface area contributed by atoms with E-state index < -0.39 is 5.60 Å². The van der Waals surface area contributed by atoms with Crippen molar-refractivity contribution in [3.05, 3.63) is 17.7 Å². The smallest absolute Gasteiger partial charge is 0.271 e. The number of aliphatic hydroxyl groups is 2. The van der Waals surface area contributed by atoms with Gasteiger partial charge < -0.3 is 24.6 Å². The van der Waals surface area contributed by atoms with Crippen LogP contribution in [0.25, 0.3) is 0 Å². The fraction of sp³-hybridized carbons (Fsp3) is 0.588. The Kier molecular flexibility index (Phi) is 5.49. The summed E-state index contributed by atoms with van der Waals surface area (Å²) in [5.41, 5.74) is 0.220. The van der Waals surface area contributed by atoms with Gasteiger partial charge in [0.1, 0.15) is 0 Å². The van der Waals surface area contributed by atoms with E-state index in [0.717, 1.165) is 0 Å². The molecule has 1 aromatic rings. The molecule has 6 heteroatoms. The fourth-order valence-electron chi connectivity index (χ4n) is 2.91. The number of amides is 1. The minimum atomic E-state index is -0.950. The van der Waals surface area contributed by atoms with Crippen LogP contribution in [0.1, 0.15) is 39.2 Å². The Morgan fingerprint density at radius 1 is 1.22 bits per heavy atom. The number of benzene rings is 1. The van der Waals surface area contributed by atoms with Gasteiger partial charge in [-0.15, -0.1) is 0 Å².